The lowest BCUT2D eigenvalue weighted by Crippen LogP contribution is -2.27. The molecule has 1 atom stereocenters. The third-order valence-corrected chi connectivity index (χ3v) is 3.17. The van der Waals surface area contributed by atoms with Crippen LogP contribution in [-0.2, 0) is 6.54 Å². The van der Waals surface area contributed by atoms with Gasteiger partial charge in [0, 0.05) is 18.3 Å². The van der Waals surface area contributed by atoms with Crippen molar-refractivity contribution >= 4 is 17.7 Å². The molecule has 94 valence electrons. The summed E-state index contributed by atoms with van der Waals surface area (Å²) in [5.74, 6) is -0.942. The van der Waals surface area contributed by atoms with Crippen molar-refractivity contribution in [3.8, 4) is 0 Å². The number of nitrogens with one attached hydrogen (secondary N) is 1. The van der Waals surface area contributed by atoms with E-state index in [-0.39, 0.29) is 5.56 Å². The first kappa shape index (κ1) is 14.0. The van der Waals surface area contributed by atoms with Crippen LogP contribution < -0.4 is 5.32 Å². The van der Waals surface area contributed by atoms with Crippen LogP contribution in [0.2, 0.25) is 0 Å². The summed E-state index contributed by atoms with van der Waals surface area (Å²) in [7, 11) is 0. The first-order valence-corrected chi connectivity index (χ1v) is 6.68. The number of hydrogen-bond acceptors (Lipinski definition) is 3. The van der Waals surface area contributed by atoms with Crippen LogP contribution in [0, 0.1) is 5.82 Å². The Morgan fingerprint density at radius 1 is 1.59 bits per heavy atom. The predicted molar refractivity (Wildman–Crippen MR) is 68.0 cm³/mol. The van der Waals surface area contributed by atoms with Crippen LogP contribution in [0.3, 0.4) is 0 Å². The SMILES string of the molecule is CSCC(C)NCc1ccc(C(=O)O)c(F)c1. The Labute approximate surface area is 104 Å². The molecule has 0 saturated carbocycles. The molecule has 0 spiro atoms. The monoisotopic (exact) mass is 257 g/mol. The van der Waals surface area contributed by atoms with Gasteiger partial charge >= 0.3 is 5.97 Å². The van der Waals surface area contributed by atoms with Gasteiger partial charge in [-0.25, -0.2) is 9.18 Å². The van der Waals surface area contributed by atoms with E-state index in [4.69, 9.17) is 5.11 Å². The first-order chi connectivity index (χ1) is 8.04. The maximum absolute atomic E-state index is 13.4. The van der Waals surface area contributed by atoms with E-state index < -0.39 is 11.8 Å². The van der Waals surface area contributed by atoms with Gasteiger partial charge in [-0.05, 0) is 30.9 Å². The van der Waals surface area contributed by atoms with Crippen molar-refractivity contribution < 1.29 is 14.3 Å². The third-order valence-electron chi connectivity index (χ3n) is 2.34. The molecule has 0 bridgehead atoms. The van der Waals surface area contributed by atoms with E-state index in [1.54, 1.807) is 17.8 Å². The number of carboxylic acids is 1. The molecule has 0 aliphatic rings. The van der Waals surface area contributed by atoms with Gasteiger partial charge in [0.25, 0.3) is 0 Å². The van der Waals surface area contributed by atoms with E-state index in [0.717, 1.165) is 11.3 Å². The molecule has 17 heavy (non-hydrogen) atoms. The number of benzene rings is 1. The molecule has 0 aliphatic carbocycles. The number of aromatic carboxylic acids is 1. The third kappa shape index (κ3) is 4.36. The van der Waals surface area contributed by atoms with E-state index in [1.165, 1.54) is 12.1 Å². The van der Waals surface area contributed by atoms with Gasteiger partial charge in [-0.3, -0.25) is 0 Å². The standard InChI is InChI=1S/C12H16FNO2S/c1-8(7-17-2)14-6-9-3-4-10(12(15)16)11(13)5-9/h3-5,8,14H,6-7H2,1-2H3,(H,15,16). The molecule has 0 aromatic heterocycles. The Hall–Kier alpha value is -1.07. The van der Waals surface area contributed by atoms with Gasteiger partial charge in [-0.1, -0.05) is 6.07 Å². The highest BCUT2D eigenvalue weighted by Crippen LogP contribution is 2.10. The number of rotatable bonds is 6. The number of halogens is 1. The lowest BCUT2D eigenvalue weighted by atomic mass is 10.1. The topological polar surface area (TPSA) is 49.3 Å². The number of hydrogen-bond donors (Lipinski definition) is 2. The molecular weight excluding hydrogens is 241 g/mol. The normalized spacial score (nSPS) is 12.4. The van der Waals surface area contributed by atoms with Gasteiger partial charge in [0.1, 0.15) is 5.82 Å². The van der Waals surface area contributed by atoms with E-state index in [1.807, 2.05) is 6.26 Å². The van der Waals surface area contributed by atoms with Crippen LogP contribution >= 0.6 is 11.8 Å². The quantitative estimate of drug-likeness (QED) is 0.821. The van der Waals surface area contributed by atoms with Crippen molar-refractivity contribution in [2.24, 2.45) is 0 Å². The fourth-order valence-corrected chi connectivity index (χ4v) is 2.06. The molecule has 1 aromatic rings. The lowest BCUT2D eigenvalue weighted by molar-refractivity contribution is 0.0692. The molecule has 0 heterocycles. The summed E-state index contributed by atoms with van der Waals surface area (Å²) >= 11 is 1.74. The zero-order valence-corrected chi connectivity index (χ0v) is 10.7. The summed E-state index contributed by atoms with van der Waals surface area (Å²) in [6.45, 7) is 2.59. The second-order valence-corrected chi connectivity index (χ2v) is 4.77. The van der Waals surface area contributed by atoms with Crippen molar-refractivity contribution in [3.05, 3.63) is 35.1 Å². The molecule has 1 unspecified atom stereocenters. The van der Waals surface area contributed by atoms with Crippen LogP contribution in [-0.4, -0.2) is 29.1 Å². The summed E-state index contributed by atoms with van der Waals surface area (Å²) in [6, 6.07) is 4.54. The van der Waals surface area contributed by atoms with Crippen LogP contribution in [0.15, 0.2) is 18.2 Å². The minimum Gasteiger partial charge on any atom is -0.478 e. The van der Waals surface area contributed by atoms with Crippen LogP contribution in [0.1, 0.15) is 22.8 Å². The summed E-state index contributed by atoms with van der Waals surface area (Å²) in [5.41, 5.74) is 0.464. The lowest BCUT2D eigenvalue weighted by Gasteiger charge is -2.12. The highest BCUT2D eigenvalue weighted by Gasteiger charge is 2.10. The van der Waals surface area contributed by atoms with E-state index in [2.05, 4.69) is 12.2 Å². The van der Waals surface area contributed by atoms with Crippen LogP contribution in [0.5, 0.6) is 0 Å². The minimum atomic E-state index is -1.24. The van der Waals surface area contributed by atoms with Crippen molar-refractivity contribution in [2.75, 3.05) is 12.0 Å². The van der Waals surface area contributed by atoms with Gasteiger partial charge in [0.2, 0.25) is 0 Å². The molecular formula is C12H16FNO2S. The molecule has 0 fully saturated rings. The number of carbonyl (C=O) groups is 1. The summed E-state index contributed by atoms with van der Waals surface area (Å²) in [4.78, 5) is 10.6. The highest BCUT2D eigenvalue weighted by molar-refractivity contribution is 7.98. The molecule has 0 aliphatic heterocycles. The van der Waals surface area contributed by atoms with Gasteiger partial charge < -0.3 is 10.4 Å². The van der Waals surface area contributed by atoms with E-state index in [0.29, 0.717) is 12.6 Å². The fraction of sp³-hybridized carbons (Fsp3) is 0.417. The molecule has 3 nitrogen and oxygen atoms in total. The van der Waals surface area contributed by atoms with Gasteiger partial charge in [-0.15, -0.1) is 0 Å². The maximum Gasteiger partial charge on any atom is 0.338 e. The maximum atomic E-state index is 13.4. The summed E-state index contributed by atoms with van der Waals surface area (Å²) in [6.07, 6.45) is 2.03. The highest BCUT2D eigenvalue weighted by atomic mass is 32.2. The molecule has 1 aromatic carbocycles. The van der Waals surface area contributed by atoms with Gasteiger partial charge in [-0.2, -0.15) is 11.8 Å². The Bertz CT molecular complexity index is 398. The number of thioether (sulfide) groups is 1. The van der Waals surface area contributed by atoms with Crippen molar-refractivity contribution in [2.45, 2.75) is 19.5 Å². The molecule has 0 saturated heterocycles. The van der Waals surface area contributed by atoms with Crippen molar-refractivity contribution in [1.29, 1.82) is 0 Å². The van der Waals surface area contributed by atoms with E-state index >= 15 is 0 Å². The molecule has 0 radical (unpaired) electrons. The molecule has 0 amide bonds. The Morgan fingerprint density at radius 2 is 2.29 bits per heavy atom. The largest absolute Gasteiger partial charge is 0.478 e. The second kappa shape index (κ2) is 6.61. The smallest absolute Gasteiger partial charge is 0.338 e. The Kier molecular flexibility index (Phi) is 5.44. The Morgan fingerprint density at radius 3 is 2.82 bits per heavy atom. The number of carboxylic acid groups (broad SMARTS) is 1. The van der Waals surface area contributed by atoms with Gasteiger partial charge in [0.05, 0.1) is 5.56 Å². The van der Waals surface area contributed by atoms with Crippen LogP contribution in [0.25, 0.3) is 0 Å². The Balaban J connectivity index is 2.62. The average molecular weight is 257 g/mol. The predicted octanol–water partition coefficient (Wildman–Crippen LogP) is 2.37. The van der Waals surface area contributed by atoms with Crippen LogP contribution in [0.4, 0.5) is 4.39 Å². The summed E-state index contributed by atoms with van der Waals surface area (Å²) < 4.78 is 13.4. The van der Waals surface area contributed by atoms with Gasteiger partial charge in [0.15, 0.2) is 0 Å². The zero-order chi connectivity index (χ0) is 12.8. The summed E-state index contributed by atoms with van der Waals surface area (Å²) in [5, 5.41) is 11.9. The second-order valence-electron chi connectivity index (χ2n) is 3.86. The van der Waals surface area contributed by atoms with Crippen molar-refractivity contribution in [3.63, 3.8) is 0 Å². The molecule has 2 N–H and O–H groups in total. The molecule has 5 heteroatoms. The minimum absolute atomic E-state index is 0.286. The molecule has 1 rings (SSSR count). The average Bonchev–Trinajstić information content (AvgIpc) is 2.26. The fourth-order valence-electron chi connectivity index (χ4n) is 1.44. The zero-order valence-electron chi connectivity index (χ0n) is 9.87. The van der Waals surface area contributed by atoms with Crippen molar-refractivity contribution in [1.82, 2.24) is 5.32 Å². The van der Waals surface area contributed by atoms with E-state index in [9.17, 15) is 9.18 Å². The first-order valence-electron chi connectivity index (χ1n) is 5.28.